The SMILES string of the molecule is Cc1cc(=O)n2c(N=Nc3cccc(Cl)c3)nn(-c3cccc(Cl)c3)c2n1. The summed E-state index contributed by atoms with van der Waals surface area (Å²) in [5.41, 5.74) is 1.47. The van der Waals surface area contributed by atoms with E-state index in [1.54, 1.807) is 49.4 Å². The van der Waals surface area contributed by atoms with Gasteiger partial charge in [0.1, 0.15) is 0 Å². The fourth-order valence-corrected chi connectivity index (χ4v) is 2.95. The molecule has 2 aromatic heterocycles. The van der Waals surface area contributed by atoms with Gasteiger partial charge in [0.05, 0.1) is 11.4 Å². The van der Waals surface area contributed by atoms with Crippen molar-refractivity contribution >= 4 is 40.6 Å². The van der Waals surface area contributed by atoms with Crippen LogP contribution < -0.4 is 5.56 Å². The summed E-state index contributed by atoms with van der Waals surface area (Å²) in [5, 5.41) is 13.7. The van der Waals surface area contributed by atoms with Crippen molar-refractivity contribution in [2.75, 3.05) is 0 Å². The van der Waals surface area contributed by atoms with Crippen molar-refractivity contribution in [3.63, 3.8) is 0 Å². The van der Waals surface area contributed by atoms with E-state index in [1.165, 1.54) is 15.1 Å². The van der Waals surface area contributed by atoms with Crippen LogP contribution in [-0.4, -0.2) is 19.2 Å². The molecule has 0 aliphatic rings. The van der Waals surface area contributed by atoms with Gasteiger partial charge in [-0.2, -0.15) is 4.68 Å². The normalized spacial score (nSPS) is 11.5. The Balaban J connectivity index is 1.92. The zero-order chi connectivity index (χ0) is 19.0. The van der Waals surface area contributed by atoms with Crippen LogP contribution in [0.3, 0.4) is 0 Å². The minimum absolute atomic E-state index is 0.0995. The average Bonchev–Trinajstić information content (AvgIpc) is 2.99. The summed E-state index contributed by atoms with van der Waals surface area (Å²) in [4.78, 5) is 16.9. The largest absolute Gasteiger partial charge is 0.276 e. The van der Waals surface area contributed by atoms with Crippen LogP contribution in [0.25, 0.3) is 11.5 Å². The topological polar surface area (TPSA) is 76.9 Å². The number of benzene rings is 2. The molecule has 0 bridgehead atoms. The van der Waals surface area contributed by atoms with E-state index in [9.17, 15) is 4.79 Å². The summed E-state index contributed by atoms with van der Waals surface area (Å²) in [7, 11) is 0. The number of aryl methyl sites for hydroxylation is 1. The lowest BCUT2D eigenvalue weighted by atomic mass is 10.3. The van der Waals surface area contributed by atoms with Crippen LogP contribution >= 0.6 is 23.2 Å². The van der Waals surface area contributed by atoms with Gasteiger partial charge in [0.25, 0.3) is 11.5 Å². The molecule has 0 amide bonds. The van der Waals surface area contributed by atoms with Gasteiger partial charge in [-0.15, -0.1) is 15.3 Å². The Morgan fingerprint density at radius 3 is 2.44 bits per heavy atom. The predicted molar refractivity (Wildman–Crippen MR) is 104 cm³/mol. The van der Waals surface area contributed by atoms with Gasteiger partial charge in [0, 0.05) is 21.8 Å². The molecular weight excluding hydrogens is 387 g/mol. The van der Waals surface area contributed by atoms with Crippen LogP contribution in [0.15, 0.2) is 69.6 Å². The Labute approximate surface area is 163 Å². The van der Waals surface area contributed by atoms with Gasteiger partial charge in [-0.1, -0.05) is 35.3 Å². The molecule has 4 aromatic rings. The van der Waals surface area contributed by atoms with Crippen molar-refractivity contribution in [2.24, 2.45) is 10.2 Å². The molecule has 7 nitrogen and oxygen atoms in total. The van der Waals surface area contributed by atoms with Crippen LogP contribution in [0.1, 0.15) is 5.69 Å². The number of hydrogen-bond donors (Lipinski definition) is 0. The molecule has 0 spiro atoms. The first-order chi connectivity index (χ1) is 13.0. The molecule has 0 N–H and O–H groups in total. The van der Waals surface area contributed by atoms with Crippen LogP contribution in [0.2, 0.25) is 10.0 Å². The number of halogens is 2. The summed E-state index contributed by atoms with van der Waals surface area (Å²) in [6.45, 7) is 1.74. The minimum Gasteiger partial charge on any atom is -0.269 e. The van der Waals surface area contributed by atoms with Gasteiger partial charge in [-0.25, -0.2) is 9.38 Å². The quantitative estimate of drug-likeness (QED) is 0.459. The lowest BCUT2D eigenvalue weighted by molar-refractivity contribution is 0.887. The summed E-state index contributed by atoms with van der Waals surface area (Å²) in [5.74, 6) is 0.421. The van der Waals surface area contributed by atoms with E-state index in [1.807, 2.05) is 6.07 Å². The van der Waals surface area contributed by atoms with Crippen molar-refractivity contribution in [2.45, 2.75) is 6.92 Å². The Kier molecular flexibility index (Phi) is 4.47. The number of rotatable bonds is 3. The molecule has 2 heterocycles. The number of azo groups is 1. The van der Waals surface area contributed by atoms with E-state index in [0.29, 0.717) is 32.9 Å². The van der Waals surface area contributed by atoms with Crippen molar-refractivity contribution in [3.8, 4) is 5.69 Å². The van der Waals surface area contributed by atoms with Crippen LogP contribution in [0.5, 0.6) is 0 Å². The van der Waals surface area contributed by atoms with E-state index in [4.69, 9.17) is 23.2 Å². The summed E-state index contributed by atoms with van der Waals surface area (Å²) >= 11 is 12.1. The molecule has 0 unspecified atom stereocenters. The molecule has 2 aromatic carbocycles. The van der Waals surface area contributed by atoms with Gasteiger partial charge < -0.3 is 0 Å². The van der Waals surface area contributed by atoms with Crippen LogP contribution in [0, 0.1) is 6.92 Å². The van der Waals surface area contributed by atoms with Gasteiger partial charge in [-0.3, -0.25) is 4.79 Å². The van der Waals surface area contributed by atoms with Crippen LogP contribution in [-0.2, 0) is 0 Å². The monoisotopic (exact) mass is 398 g/mol. The first kappa shape index (κ1) is 17.4. The third-order valence-corrected chi connectivity index (χ3v) is 4.19. The second kappa shape index (κ2) is 6.94. The highest BCUT2D eigenvalue weighted by Crippen LogP contribution is 2.23. The smallest absolute Gasteiger partial charge is 0.269 e. The summed E-state index contributed by atoms with van der Waals surface area (Å²) < 4.78 is 2.80. The number of fused-ring (bicyclic) bond motifs is 1. The van der Waals surface area contributed by atoms with Crippen molar-refractivity contribution in [1.29, 1.82) is 0 Å². The molecule has 134 valence electrons. The number of nitrogens with zero attached hydrogens (tertiary/aromatic N) is 6. The van der Waals surface area contributed by atoms with Gasteiger partial charge in [0.2, 0.25) is 5.78 Å². The standard InChI is InChI=1S/C18H12Cl2N6O/c1-11-8-16(27)25-17(23-22-14-6-2-4-12(19)9-14)24-26(18(25)21-11)15-7-3-5-13(20)10-15/h2-10H,1H3. The summed E-state index contributed by atoms with van der Waals surface area (Å²) in [6, 6.07) is 15.4. The van der Waals surface area contributed by atoms with E-state index < -0.39 is 0 Å². The Morgan fingerprint density at radius 1 is 0.963 bits per heavy atom. The molecule has 0 fully saturated rings. The van der Waals surface area contributed by atoms with Crippen LogP contribution in [0.4, 0.5) is 11.6 Å². The second-order valence-corrected chi connectivity index (χ2v) is 6.62. The molecule has 0 saturated heterocycles. The first-order valence-electron chi connectivity index (χ1n) is 7.94. The number of hydrogen-bond acceptors (Lipinski definition) is 5. The van der Waals surface area contributed by atoms with E-state index in [-0.39, 0.29) is 11.5 Å². The van der Waals surface area contributed by atoms with E-state index in [0.717, 1.165) is 0 Å². The van der Waals surface area contributed by atoms with Crippen molar-refractivity contribution in [1.82, 2.24) is 19.2 Å². The third kappa shape index (κ3) is 3.47. The maximum absolute atomic E-state index is 12.5. The zero-order valence-electron chi connectivity index (χ0n) is 14.0. The van der Waals surface area contributed by atoms with E-state index >= 15 is 0 Å². The van der Waals surface area contributed by atoms with Gasteiger partial charge >= 0.3 is 0 Å². The highest BCUT2D eigenvalue weighted by atomic mass is 35.5. The molecule has 0 saturated carbocycles. The Morgan fingerprint density at radius 2 is 1.70 bits per heavy atom. The van der Waals surface area contributed by atoms with Gasteiger partial charge in [0.15, 0.2) is 0 Å². The lowest BCUT2D eigenvalue weighted by Gasteiger charge is -2.02. The molecule has 0 radical (unpaired) electrons. The highest BCUT2D eigenvalue weighted by Gasteiger charge is 2.15. The molecule has 0 aliphatic carbocycles. The zero-order valence-corrected chi connectivity index (χ0v) is 15.6. The molecule has 0 atom stereocenters. The second-order valence-electron chi connectivity index (χ2n) is 5.74. The van der Waals surface area contributed by atoms with Crippen molar-refractivity contribution < 1.29 is 0 Å². The predicted octanol–water partition coefficient (Wildman–Crippen LogP) is 4.91. The maximum Gasteiger partial charge on any atom is 0.276 e. The Bertz CT molecular complexity index is 1240. The molecule has 9 heteroatoms. The maximum atomic E-state index is 12.5. The first-order valence-corrected chi connectivity index (χ1v) is 8.69. The molecule has 0 aliphatic heterocycles. The molecule has 4 rings (SSSR count). The Hall–Kier alpha value is -3.03. The highest BCUT2D eigenvalue weighted by molar-refractivity contribution is 6.31. The summed E-state index contributed by atoms with van der Waals surface area (Å²) in [6.07, 6.45) is 0. The van der Waals surface area contributed by atoms with Crippen molar-refractivity contribution in [3.05, 3.63) is 80.7 Å². The van der Waals surface area contributed by atoms with Gasteiger partial charge in [-0.05, 0) is 43.3 Å². The molecular formula is C18H12Cl2N6O. The third-order valence-electron chi connectivity index (χ3n) is 3.72. The average molecular weight is 399 g/mol. The lowest BCUT2D eigenvalue weighted by Crippen LogP contribution is -2.14. The fourth-order valence-electron chi connectivity index (χ4n) is 2.58. The fraction of sp³-hybridized carbons (Fsp3) is 0.0556. The van der Waals surface area contributed by atoms with E-state index in [2.05, 4.69) is 20.3 Å². The number of aromatic nitrogens is 4. The minimum atomic E-state index is -0.300. The molecule has 27 heavy (non-hydrogen) atoms.